The molecule has 7 heteroatoms. The van der Waals surface area contributed by atoms with Gasteiger partial charge in [-0.05, 0) is 11.6 Å². The van der Waals surface area contributed by atoms with E-state index in [4.69, 9.17) is 0 Å². The molecule has 0 spiro atoms. The van der Waals surface area contributed by atoms with Crippen LogP contribution in [-0.4, -0.2) is 70.5 Å². The lowest BCUT2D eigenvalue weighted by Gasteiger charge is -2.35. The van der Waals surface area contributed by atoms with Crippen LogP contribution in [0.3, 0.4) is 0 Å². The van der Waals surface area contributed by atoms with Crippen molar-refractivity contribution in [2.45, 2.75) is 19.4 Å². The number of piperazine rings is 1. The van der Waals surface area contributed by atoms with Crippen molar-refractivity contribution < 1.29 is 9.59 Å². The third-order valence-electron chi connectivity index (χ3n) is 4.24. The Labute approximate surface area is 135 Å². The molecule has 0 aromatic carbocycles. The molecule has 0 atom stereocenters. The van der Waals surface area contributed by atoms with Gasteiger partial charge in [-0.3, -0.25) is 19.5 Å². The Morgan fingerprint density at radius 3 is 2.65 bits per heavy atom. The number of aromatic nitrogens is 1. The van der Waals surface area contributed by atoms with Crippen LogP contribution in [0.4, 0.5) is 0 Å². The highest BCUT2D eigenvalue weighted by molar-refractivity contribution is 6.39. The molecule has 0 saturated carbocycles. The standard InChI is InChI=1S/C16H21N5O2/c1-19-15(22)5-4-14(18-19)16(23)21-9-7-20(8-10-21)12-13-3-2-6-17-11-13/h2-3,6,11H,4-5,7-10,12H2,1H3. The van der Waals surface area contributed by atoms with Gasteiger partial charge >= 0.3 is 0 Å². The summed E-state index contributed by atoms with van der Waals surface area (Å²) in [6.07, 6.45) is 4.45. The van der Waals surface area contributed by atoms with Gasteiger partial charge in [0.2, 0.25) is 5.91 Å². The largest absolute Gasteiger partial charge is 0.335 e. The molecule has 0 N–H and O–H groups in total. The molecule has 7 nitrogen and oxygen atoms in total. The van der Waals surface area contributed by atoms with Crippen molar-refractivity contribution in [2.24, 2.45) is 5.10 Å². The fraction of sp³-hybridized carbons (Fsp3) is 0.500. The van der Waals surface area contributed by atoms with E-state index in [0.717, 1.165) is 19.6 Å². The number of carbonyl (C=O) groups is 2. The Morgan fingerprint density at radius 2 is 2.00 bits per heavy atom. The molecule has 2 aliphatic heterocycles. The summed E-state index contributed by atoms with van der Waals surface area (Å²) >= 11 is 0. The molecule has 2 aliphatic rings. The first kappa shape index (κ1) is 15.6. The Kier molecular flexibility index (Phi) is 4.66. The SMILES string of the molecule is CN1N=C(C(=O)N2CCN(Cc3cccnc3)CC2)CCC1=O. The maximum absolute atomic E-state index is 12.5. The second-order valence-corrected chi connectivity index (χ2v) is 5.89. The first-order valence-electron chi connectivity index (χ1n) is 7.88. The zero-order chi connectivity index (χ0) is 16.2. The maximum atomic E-state index is 12.5. The Balaban J connectivity index is 1.53. The Hall–Kier alpha value is -2.28. The van der Waals surface area contributed by atoms with Crippen LogP contribution in [0.25, 0.3) is 0 Å². The highest BCUT2D eigenvalue weighted by atomic mass is 16.2. The molecule has 3 heterocycles. The van der Waals surface area contributed by atoms with Crippen LogP contribution in [0.5, 0.6) is 0 Å². The van der Waals surface area contributed by atoms with Crippen molar-refractivity contribution in [2.75, 3.05) is 33.2 Å². The number of amides is 2. The molecule has 3 rings (SSSR count). The Morgan fingerprint density at radius 1 is 1.22 bits per heavy atom. The maximum Gasteiger partial charge on any atom is 0.270 e. The lowest BCUT2D eigenvalue weighted by Crippen LogP contribution is -2.51. The monoisotopic (exact) mass is 315 g/mol. The summed E-state index contributed by atoms with van der Waals surface area (Å²) in [5.41, 5.74) is 1.68. The summed E-state index contributed by atoms with van der Waals surface area (Å²) in [5.74, 6) is -0.0757. The summed E-state index contributed by atoms with van der Waals surface area (Å²) in [6.45, 7) is 3.91. The molecule has 1 aromatic heterocycles. The molecule has 0 radical (unpaired) electrons. The van der Waals surface area contributed by atoms with Gasteiger partial charge in [-0.15, -0.1) is 0 Å². The van der Waals surface area contributed by atoms with E-state index in [1.807, 2.05) is 17.2 Å². The summed E-state index contributed by atoms with van der Waals surface area (Å²) in [5, 5.41) is 5.39. The van der Waals surface area contributed by atoms with Gasteiger partial charge in [0.15, 0.2) is 0 Å². The number of hydrogen-bond acceptors (Lipinski definition) is 5. The zero-order valence-corrected chi connectivity index (χ0v) is 13.3. The second-order valence-electron chi connectivity index (χ2n) is 5.89. The van der Waals surface area contributed by atoms with Crippen molar-refractivity contribution in [1.82, 2.24) is 19.8 Å². The molecule has 23 heavy (non-hydrogen) atoms. The highest BCUT2D eigenvalue weighted by Crippen LogP contribution is 2.12. The summed E-state index contributed by atoms with van der Waals surface area (Å²) in [6, 6.07) is 4.00. The average Bonchev–Trinajstić information content (AvgIpc) is 2.58. The number of hydrogen-bond donors (Lipinski definition) is 0. The predicted molar refractivity (Wildman–Crippen MR) is 85.5 cm³/mol. The fourth-order valence-electron chi connectivity index (χ4n) is 2.87. The second kappa shape index (κ2) is 6.87. The third kappa shape index (κ3) is 3.73. The van der Waals surface area contributed by atoms with E-state index in [-0.39, 0.29) is 11.8 Å². The van der Waals surface area contributed by atoms with Gasteiger partial charge in [0, 0.05) is 65.0 Å². The first-order valence-corrected chi connectivity index (χ1v) is 7.88. The van der Waals surface area contributed by atoms with Crippen LogP contribution in [0.1, 0.15) is 18.4 Å². The van der Waals surface area contributed by atoms with E-state index in [1.165, 1.54) is 10.6 Å². The van der Waals surface area contributed by atoms with Gasteiger partial charge in [-0.25, -0.2) is 5.01 Å². The lowest BCUT2D eigenvalue weighted by molar-refractivity contribution is -0.131. The van der Waals surface area contributed by atoms with E-state index in [0.29, 0.717) is 31.6 Å². The van der Waals surface area contributed by atoms with Crippen LogP contribution in [0.2, 0.25) is 0 Å². The van der Waals surface area contributed by atoms with E-state index in [1.54, 1.807) is 13.2 Å². The summed E-state index contributed by atoms with van der Waals surface area (Å²) in [4.78, 5) is 32.2. The minimum Gasteiger partial charge on any atom is -0.335 e. The summed E-state index contributed by atoms with van der Waals surface area (Å²) < 4.78 is 0. The van der Waals surface area contributed by atoms with Crippen molar-refractivity contribution in [1.29, 1.82) is 0 Å². The topological polar surface area (TPSA) is 69.1 Å². The predicted octanol–water partition coefficient (Wildman–Crippen LogP) is 0.334. The minimum absolute atomic E-state index is 0.0367. The number of carbonyl (C=O) groups excluding carboxylic acids is 2. The highest BCUT2D eigenvalue weighted by Gasteiger charge is 2.28. The summed E-state index contributed by atoms with van der Waals surface area (Å²) in [7, 11) is 1.60. The molecule has 2 amide bonds. The Bertz CT molecular complexity index is 608. The van der Waals surface area contributed by atoms with Gasteiger partial charge in [0.25, 0.3) is 5.91 Å². The van der Waals surface area contributed by atoms with Gasteiger partial charge in [-0.1, -0.05) is 6.07 Å². The molecule has 1 saturated heterocycles. The van der Waals surface area contributed by atoms with Gasteiger partial charge in [0.05, 0.1) is 0 Å². The number of hydrazone groups is 1. The van der Waals surface area contributed by atoms with Crippen molar-refractivity contribution in [3.05, 3.63) is 30.1 Å². The molecular weight excluding hydrogens is 294 g/mol. The van der Waals surface area contributed by atoms with Crippen LogP contribution in [0.15, 0.2) is 29.6 Å². The van der Waals surface area contributed by atoms with E-state index < -0.39 is 0 Å². The molecule has 1 aromatic rings. The van der Waals surface area contributed by atoms with Crippen LogP contribution < -0.4 is 0 Å². The zero-order valence-electron chi connectivity index (χ0n) is 13.3. The van der Waals surface area contributed by atoms with E-state index in [2.05, 4.69) is 21.1 Å². The molecule has 122 valence electrons. The van der Waals surface area contributed by atoms with Crippen LogP contribution >= 0.6 is 0 Å². The van der Waals surface area contributed by atoms with E-state index in [9.17, 15) is 9.59 Å². The number of nitrogens with zero attached hydrogens (tertiary/aromatic N) is 5. The minimum atomic E-state index is -0.0390. The molecule has 1 fully saturated rings. The van der Waals surface area contributed by atoms with Gasteiger partial charge in [0.1, 0.15) is 5.71 Å². The van der Waals surface area contributed by atoms with Crippen molar-refractivity contribution in [3.63, 3.8) is 0 Å². The van der Waals surface area contributed by atoms with Gasteiger partial charge < -0.3 is 4.90 Å². The average molecular weight is 315 g/mol. The van der Waals surface area contributed by atoms with Crippen molar-refractivity contribution >= 4 is 17.5 Å². The fourth-order valence-corrected chi connectivity index (χ4v) is 2.87. The van der Waals surface area contributed by atoms with Crippen molar-refractivity contribution in [3.8, 4) is 0 Å². The third-order valence-corrected chi connectivity index (χ3v) is 4.24. The molecule has 0 aliphatic carbocycles. The lowest BCUT2D eigenvalue weighted by atomic mass is 10.1. The number of pyridine rings is 1. The van der Waals surface area contributed by atoms with Crippen LogP contribution in [-0.2, 0) is 16.1 Å². The normalized spacial score (nSPS) is 19.7. The van der Waals surface area contributed by atoms with E-state index >= 15 is 0 Å². The van der Waals surface area contributed by atoms with Gasteiger partial charge in [-0.2, -0.15) is 5.10 Å². The smallest absolute Gasteiger partial charge is 0.270 e. The molecule has 0 unspecified atom stereocenters. The molecular formula is C16H21N5O2. The number of rotatable bonds is 3. The van der Waals surface area contributed by atoms with Crippen LogP contribution in [0, 0.1) is 0 Å². The quantitative estimate of drug-likeness (QED) is 0.806. The molecule has 0 bridgehead atoms. The first-order chi connectivity index (χ1) is 11.1.